The third kappa shape index (κ3) is 6.67. The lowest BCUT2D eigenvalue weighted by Gasteiger charge is -2.38. The van der Waals surface area contributed by atoms with Gasteiger partial charge in [-0.25, -0.2) is 0 Å². The molecule has 2 rings (SSSR count). The predicted molar refractivity (Wildman–Crippen MR) is 111 cm³/mol. The number of morpholine rings is 1. The SMILES string of the molecule is CCC(CC)C(CNC(=O)CCc1cc(OC)cc(OC)c1)N1CCOCC1. The van der Waals surface area contributed by atoms with Crippen molar-refractivity contribution in [3.8, 4) is 11.5 Å². The van der Waals surface area contributed by atoms with Gasteiger partial charge in [-0.3, -0.25) is 9.69 Å². The van der Waals surface area contributed by atoms with Crippen LogP contribution in [0.4, 0.5) is 0 Å². The summed E-state index contributed by atoms with van der Waals surface area (Å²) in [5, 5.41) is 3.17. The Morgan fingerprint density at radius 1 is 1.11 bits per heavy atom. The van der Waals surface area contributed by atoms with Crippen molar-refractivity contribution in [1.82, 2.24) is 10.2 Å². The highest BCUT2D eigenvalue weighted by Crippen LogP contribution is 2.23. The number of nitrogens with one attached hydrogen (secondary N) is 1. The van der Waals surface area contributed by atoms with Crippen LogP contribution in [0.1, 0.15) is 38.7 Å². The molecule has 1 heterocycles. The molecule has 1 aliphatic rings. The van der Waals surface area contributed by atoms with Gasteiger partial charge in [0, 0.05) is 38.2 Å². The van der Waals surface area contributed by atoms with Crippen LogP contribution in [0, 0.1) is 5.92 Å². The lowest BCUT2D eigenvalue weighted by Crippen LogP contribution is -2.52. The van der Waals surface area contributed by atoms with Crippen molar-refractivity contribution in [3.63, 3.8) is 0 Å². The molecule has 28 heavy (non-hydrogen) atoms. The van der Waals surface area contributed by atoms with Crippen LogP contribution in [0.3, 0.4) is 0 Å². The monoisotopic (exact) mass is 392 g/mol. The van der Waals surface area contributed by atoms with Crippen molar-refractivity contribution in [2.45, 2.75) is 45.6 Å². The average molecular weight is 393 g/mol. The molecular formula is C22H36N2O4. The Balaban J connectivity index is 1.90. The van der Waals surface area contributed by atoms with Crippen molar-refractivity contribution < 1.29 is 19.0 Å². The number of benzene rings is 1. The van der Waals surface area contributed by atoms with Crippen LogP contribution in [-0.2, 0) is 16.0 Å². The number of methoxy groups -OCH3 is 2. The molecule has 1 aliphatic heterocycles. The van der Waals surface area contributed by atoms with E-state index in [0.717, 1.165) is 56.2 Å². The van der Waals surface area contributed by atoms with Gasteiger partial charge in [-0.2, -0.15) is 0 Å². The molecule has 0 bridgehead atoms. The lowest BCUT2D eigenvalue weighted by molar-refractivity contribution is -0.121. The van der Waals surface area contributed by atoms with E-state index in [-0.39, 0.29) is 5.91 Å². The molecular weight excluding hydrogens is 356 g/mol. The first-order valence-corrected chi connectivity index (χ1v) is 10.4. The second-order valence-corrected chi connectivity index (χ2v) is 7.32. The maximum Gasteiger partial charge on any atom is 0.220 e. The number of hydrogen-bond donors (Lipinski definition) is 1. The van der Waals surface area contributed by atoms with Gasteiger partial charge in [0.15, 0.2) is 0 Å². The first kappa shape index (κ1) is 22.5. The van der Waals surface area contributed by atoms with Crippen molar-refractivity contribution in [2.75, 3.05) is 47.1 Å². The van der Waals surface area contributed by atoms with Crippen molar-refractivity contribution in [1.29, 1.82) is 0 Å². The van der Waals surface area contributed by atoms with Gasteiger partial charge < -0.3 is 19.5 Å². The molecule has 158 valence electrons. The predicted octanol–water partition coefficient (Wildman–Crippen LogP) is 2.89. The zero-order valence-electron chi connectivity index (χ0n) is 17.8. The minimum atomic E-state index is 0.0889. The molecule has 1 unspecified atom stereocenters. The topological polar surface area (TPSA) is 60.0 Å². The fraction of sp³-hybridized carbons (Fsp3) is 0.682. The molecule has 1 atom stereocenters. The Bertz CT molecular complexity index is 576. The molecule has 0 spiro atoms. The van der Waals surface area contributed by atoms with Crippen LogP contribution in [0.15, 0.2) is 18.2 Å². The highest BCUT2D eigenvalue weighted by Gasteiger charge is 2.27. The molecule has 1 amide bonds. The van der Waals surface area contributed by atoms with E-state index in [1.807, 2.05) is 18.2 Å². The van der Waals surface area contributed by atoms with E-state index in [2.05, 4.69) is 24.1 Å². The molecule has 0 aliphatic carbocycles. The summed E-state index contributed by atoms with van der Waals surface area (Å²) in [6, 6.07) is 6.12. The summed E-state index contributed by atoms with van der Waals surface area (Å²) in [6.45, 7) is 8.62. The fourth-order valence-electron chi connectivity index (χ4n) is 3.91. The van der Waals surface area contributed by atoms with Crippen molar-refractivity contribution >= 4 is 5.91 Å². The number of aryl methyl sites for hydroxylation is 1. The number of hydrogen-bond acceptors (Lipinski definition) is 5. The van der Waals surface area contributed by atoms with Crippen LogP contribution < -0.4 is 14.8 Å². The van der Waals surface area contributed by atoms with E-state index in [9.17, 15) is 4.79 Å². The van der Waals surface area contributed by atoms with Gasteiger partial charge in [0.25, 0.3) is 0 Å². The number of nitrogens with zero attached hydrogens (tertiary/aromatic N) is 1. The number of carbonyl (C=O) groups is 1. The summed E-state index contributed by atoms with van der Waals surface area (Å²) in [7, 11) is 3.27. The first-order chi connectivity index (χ1) is 13.6. The number of rotatable bonds is 11. The second-order valence-electron chi connectivity index (χ2n) is 7.32. The molecule has 1 aromatic carbocycles. The molecule has 0 saturated carbocycles. The highest BCUT2D eigenvalue weighted by molar-refractivity contribution is 5.76. The van der Waals surface area contributed by atoms with Crippen LogP contribution in [0.25, 0.3) is 0 Å². The number of ether oxygens (including phenoxy) is 3. The third-order valence-electron chi connectivity index (χ3n) is 5.67. The zero-order valence-corrected chi connectivity index (χ0v) is 17.8. The summed E-state index contributed by atoms with van der Waals surface area (Å²) in [5.74, 6) is 2.17. The van der Waals surface area contributed by atoms with Crippen molar-refractivity contribution in [2.24, 2.45) is 5.92 Å². The van der Waals surface area contributed by atoms with E-state index in [0.29, 0.717) is 31.3 Å². The Labute approximate surface area is 169 Å². The smallest absolute Gasteiger partial charge is 0.220 e. The molecule has 1 fully saturated rings. The van der Waals surface area contributed by atoms with Crippen molar-refractivity contribution in [3.05, 3.63) is 23.8 Å². The second kappa shape index (κ2) is 11.9. The average Bonchev–Trinajstić information content (AvgIpc) is 2.75. The summed E-state index contributed by atoms with van der Waals surface area (Å²) in [5.41, 5.74) is 1.04. The van der Waals surface area contributed by atoms with Gasteiger partial charge in [0.05, 0.1) is 27.4 Å². The molecule has 6 heteroatoms. The van der Waals surface area contributed by atoms with Gasteiger partial charge in [0.2, 0.25) is 5.91 Å². The first-order valence-electron chi connectivity index (χ1n) is 10.4. The molecule has 0 aromatic heterocycles. The van der Waals surface area contributed by atoms with Gasteiger partial charge in [-0.05, 0) is 30.0 Å². The van der Waals surface area contributed by atoms with E-state index in [1.165, 1.54) is 0 Å². The van der Waals surface area contributed by atoms with Gasteiger partial charge >= 0.3 is 0 Å². The van der Waals surface area contributed by atoms with Gasteiger partial charge in [-0.15, -0.1) is 0 Å². The van der Waals surface area contributed by atoms with E-state index in [1.54, 1.807) is 14.2 Å². The van der Waals surface area contributed by atoms with E-state index < -0.39 is 0 Å². The zero-order chi connectivity index (χ0) is 20.4. The van der Waals surface area contributed by atoms with Gasteiger partial charge in [-0.1, -0.05) is 26.7 Å². The Kier molecular flexibility index (Phi) is 9.58. The van der Waals surface area contributed by atoms with E-state index in [4.69, 9.17) is 14.2 Å². The summed E-state index contributed by atoms with van der Waals surface area (Å²) in [6.07, 6.45) is 3.36. The summed E-state index contributed by atoms with van der Waals surface area (Å²) < 4.78 is 16.1. The largest absolute Gasteiger partial charge is 0.497 e. The molecule has 1 N–H and O–H groups in total. The standard InChI is InChI=1S/C22H36N2O4/c1-5-18(6-2)21(24-9-11-28-12-10-24)16-23-22(25)8-7-17-13-19(26-3)15-20(14-17)27-4/h13-15,18,21H,5-12,16H2,1-4H3,(H,23,25). The Morgan fingerprint density at radius 3 is 2.25 bits per heavy atom. The third-order valence-corrected chi connectivity index (χ3v) is 5.67. The Morgan fingerprint density at radius 2 is 1.71 bits per heavy atom. The molecule has 1 aromatic rings. The molecule has 6 nitrogen and oxygen atoms in total. The molecule has 0 radical (unpaired) electrons. The summed E-state index contributed by atoms with van der Waals surface area (Å²) >= 11 is 0. The van der Waals surface area contributed by atoms with Crippen LogP contribution >= 0.6 is 0 Å². The highest BCUT2D eigenvalue weighted by atomic mass is 16.5. The van der Waals surface area contributed by atoms with E-state index >= 15 is 0 Å². The minimum absolute atomic E-state index is 0.0889. The maximum atomic E-state index is 12.5. The van der Waals surface area contributed by atoms with Gasteiger partial charge in [0.1, 0.15) is 11.5 Å². The van der Waals surface area contributed by atoms with Crippen LogP contribution in [0.5, 0.6) is 11.5 Å². The lowest BCUT2D eigenvalue weighted by atomic mass is 9.92. The minimum Gasteiger partial charge on any atom is -0.497 e. The fourth-order valence-corrected chi connectivity index (χ4v) is 3.91. The van der Waals surface area contributed by atoms with Crippen LogP contribution in [0.2, 0.25) is 0 Å². The summed E-state index contributed by atoms with van der Waals surface area (Å²) in [4.78, 5) is 15.0. The number of carbonyl (C=O) groups excluding carboxylic acids is 1. The molecule has 1 saturated heterocycles. The quantitative estimate of drug-likeness (QED) is 0.627. The van der Waals surface area contributed by atoms with Crippen LogP contribution in [-0.4, -0.2) is 63.9 Å². The normalized spacial score (nSPS) is 16.0. The Hall–Kier alpha value is -1.79. The maximum absolute atomic E-state index is 12.5. The number of amides is 1.